The minimum Gasteiger partial charge on any atom is -0.626 e. The minimum atomic E-state index is -0.313. The lowest BCUT2D eigenvalue weighted by Crippen LogP contribution is -2.50. The van der Waals surface area contributed by atoms with Gasteiger partial charge in [0.2, 0.25) is 0 Å². The van der Waals surface area contributed by atoms with Gasteiger partial charge in [-0.15, -0.1) is 0 Å². The third kappa shape index (κ3) is 3.92. The zero-order chi connectivity index (χ0) is 11.1. The minimum absolute atomic E-state index is 0.313. The summed E-state index contributed by atoms with van der Waals surface area (Å²) in [4.78, 5) is 0. The van der Waals surface area contributed by atoms with Gasteiger partial charge in [0, 0.05) is 6.42 Å². The molecule has 3 nitrogen and oxygen atoms in total. The van der Waals surface area contributed by atoms with E-state index in [0.717, 1.165) is 19.3 Å². The highest BCUT2D eigenvalue weighted by Crippen LogP contribution is 2.20. The standard InChI is InChI=1S/C12H24N2O/c1-2-3-4-6-9-12(13)14(15)10-7-5-8-11-14/h13H,2-11H2,1H3. The van der Waals surface area contributed by atoms with Crippen LogP contribution in [0, 0.1) is 10.6 Å². The van der Waals surface area contributed by atoms with Crippen LogP contribution < -0.4 is 0 Å². The van der Waals surface area contributed by atoms with Crippen LogP contribution in [0.3, 0.4) is 0 Å². The number of piperidine rings is 1. The smallest absolute Gasteiger partial charge is 0.195 e. The van der Waals surface area contributed by atoms with Crippen LogP contribution >= 0.6 is 0 Å². The Labute approximate surface area is 93.2 Å². The van der Waals surface area contributed by atoms with E-state index in [4.69, 9.17) is 5.41 Å². The van der Waals surface area contributed by atoms with Crippen molar-refractivity contribution in [2.24, 2.45) is 0 Å². The first-order valence-corrected chi connectivity index (χ1v) is 6.35. The Balaban J connectivity index is 2.25. The molecule has 1 fully saturated rings. The van der Waals surface area contributed by atoms with Gasteiger partial charge in [0.05, 0.1) is 13.1 Å². The Morgan fingerprint density at radius 2 is 1.80 bits per heavy atom. The van der Waals surface area contributed by atoms with Gasteiger partial charge in [-0.25, -0.2) is 0 Å². The monoisotopic (exact) mass is 212 g/mol. The predicted octanol–water partition coefficient (Wildman–Crippen LogP) is 3.43. The van der Waals surface area contributed by atoms with Gasteiger partial charge >= 0.3 is 0 Å². The average Bonchev–Trinajstić information content (AvgIpc) is 2.25. The van der Waals surface area contributed by atoms with Crippen LogP contribution in [0.25, 0.3) is 0 Å². The normalized spacial score (nSPS) is 20.1. The van der Waals surface area contributed by atoms with Gasteiger partial charge in [-0.05, 0) is 25.7 Å². The maximum Gasteiger partial charge on any atom is 0.195 e. The highest BCUT2D eigenvalue weighted by atomic mass is 16.5. The van der Waals surface area contributed by atoms with Crippen LogP contribution in [0.5, 0.6) is 0 Å². The van der Waals surface area contributed by atoms with Crippen molar-refractivity contribution in [3.8, 4) is 0 Å². The number of unbranched alkanes of at least 4 members (excludes halogenated alkanes) is 3. The highest BCUT2D eigenvalue weighted by molar-refractivity contribution is 5.72. The molecule has 0 unspecified atom stereocenters. The zero-order valence-electron chi connectivity index (χ0n) is 9.93. The number of amidine groups is 1. The summed E-state index contributed by atoms with van der Waals surface area (Å²) < 4.78 is -0.313. The lowest BCUT2D eigenvalue weighted by Gasteiger charge is -2.44. The molecule has 88 valence electrons. The van der Waals surface area contributed by atoms with E-state index in [1.807, 2.05) is 0 Å². The molecule has 0 radical (unpaired) electrons. The molecule has 15 heavy (non-hydrogen) atoms. The summed E-state index contributed by atoms with van der Waals surface area (Å²) in [5, 5.41) is 20.1. The average molecular weight is 212 g/mol. The molecule has 3 heteroatoms. The Hall–Kier alpha value is -0.410. The second kappa shape index (κ2) is 6.23. The van der Waals surface area contributed by atoms with Crippen LogP contribution in [-0.4, -0.2) is 23.6 Å². The van der Waals surface area contributed by atoms with Gasteiger partial charge in [-0.3, -0.25) is 5.41 Å². The lowest BCUT2D eigenvalue weighted by molar-refractivity contribution is -0.797. The second-order valence-electron chi connectivity index (χ2n) is 4.65. The fourth-order valence-electron chi connectivity index (χ4n) is 2.22. The topological polar surface area (TPSA) is 46.9 Å². The van der Waals surface area contributed by atoms with Crippen molar-refractivity contribution in [2.75, 3.05) is 13.1 Å². The molecule has 0 spiro atoms. The molecular weight excluding hydrogens is 188 g/mol. The molecule has 1 rings (SSSR count). The highest BCUT2D eigenvalue weighted by Gasteiger charge is 2.25. The summed E-state index contributed by atoms with van der Waals surface area (Å²) in [5.41, 5.74) is 0. The number of likely N-dealkylation sites (tertiary alicyclic amines) is 1. The van der Waals surface area contributed by atoms with Gasteiger partial charge in [0.25, 0.3) is 0 Å². The Bertz CT molecular complexity index is 198. The Morgan fingerprint density at radius 1 is 1.13 bits per heavy atom. The first-order chi connectivity index (χ1) is 7.19. The molecule has 0 amide bonds. The van der Waals surface area contributed by atoms with Crippen LogP contribution in [0.2, 0.25) is 0 Å². The summed E-state index contributed by atoms with van der Waals surface area (Å²) in [6.07, 6.45) is 8.52. The molecule has 0 aromatic carbocycles. The van der Waals surface area contributed by atoms with E-state index in [9.17, 15) is 5.21 Å². The number of nitrogens with one attached hydrogen (secondary N) is 1. The molecule has 0 bridgehead atoms. The maximum atomic E-state index is 12.2. The zero-order valence-corrected chi connectivity index (χ0v) is 9.93. The molecule has 0 aromatic heterocycles. The molecular formula is C12H24N2O. The van der Waals surface area contributed by atoms with Crippen LogP contribution in [-0.2, 0) is 0 Å². The van der Waals surface area contributed by atoms with E-state index < -0.39 is 0 Å². The van der Waals surface area contributed by atoms with Gasteiger partial charge in [-0.1, -0.05) is 26.2 Å². The number of hydroxylamine groups is 3. The Kier molecular flexibility index (Phi) is 5.26. The quantitative estimate of drug-likeness (QED) is 0.245. The van der Waals surface area contributed by atoms with E-state index in [-0.39, 0.29) is 4.65 Å². The third-order valence-electron chi connectivity index (χ3n) is 3.30. The van der Waals surface area contributed by atoms with Gasteiger partial charge < -0.3 is 9.85 Å². The Morgan fingerprint density at radius 3 is 2.40 bits per heavy atom. The SMILES string of the molecule is CCCCCCC(=N)[N+]1([O-])CCCCC1. The number of rotatable bonds is 5. The molecule has 0 saturated carbocycles. The number of hydrogen-bond acceptors (Lipinski definition) is 2. The summed E-state index contributed by atoms with van der Waals surface area (Å²) in [6, 6.07) is 0. The number of hydrogen-bond donors (Lipinski definition) is 1. The van der Waals surface area contributed by atoms with Crippen molar-refractivity contribution in [1.29, 1.82) is 5.41 Å². The molecule has 1 aliphatic heterocycles. The largest absolute Gasteiger partial charge is 0.626 e. The van der Waals surface area contributed by atoms with Gasteiger partial charge in [-0.2, -0.15) is 0 Å². The fraction of sp³-hybridized carbons (Fsp3) is 0.917. The van der Waals surface area contributed by atoms with Crippen molar-refractivity contribution < 1.29 is 4.65 Å². The first-order valence-electron chi connectivity index (χ1n) is 6.35. The van der Waals surface area contributed by atoms with Crippen molar-refractivity contribution in [3.05, 3.63) is 5.21 Å². The molecule has 0 aliphatic carbocycles. The molecule has 1 N–H and O–H groups in total. The van der Waals surface area contributed by atoms with Crippen molar-refractivity contribution in [3.63, 3.8) is 0 Å². The van der Waals surface area contributed by atoms with E-state index >= 15 is 0 Å². The summed E-state index contributed by atoms with van der Waals surface area (Å²) in [7, 11) is 0. The number of nitrogens with zero attached hydrogens (tertiary/aromatic N) is 1. The predicted molar refractivity (Wildman–Crippen MR) is 63.7 cm³/mol. The molecule has 0 aromatic rings. The van der Waals surface area contributed by atoms with Crippen molar-refractivity contribution >= 4 is 5.84 Å². The molecule has 1 saturated heterocycles. The van der Waals surface area contributed by atoms with Crippen LogP contribution in [0.15, 0.2) is 0 Å². The first kappa shape index (κ1) is 12.7. The third-order valence-corrected chi connectivity index (χ3v) is 3.30. The van der Waals surface area contributed by atoms with Crippen molar-refractivity contribution in [2.45, 2.75) is 58.3 Å². The summed E-state index contributed by atoms with van der Waals surface area (Å²) in [5.74, 6) is 0.422. The van der Waals surface area contributed by atoms with E-state index in [2.05, 4.69) is 6.92 Å². The molecule has 1 heterocycles. The fourth-order valence-corrected chi connectivity index (χ4v) is 2.22. The maximum absolute atomic E-state index is 12.2. The number of quaternary nitrogens is 1. The second-order valence-corrected chi connectivity index (χ2v) is 4.65. The molecule has 1 aliphatic rings. The van der Waals surface area contributed by atoms with Gasteiger partial charge in [0.15, 0.2) is 5.84 Å². The van der Waals surface area contributed by atoms with E-state index in [1.54, 1.807) is 0 Å². The van der Waals surface area contributed by atoms with Gasteiger partial charge in [0.1, 0.15) is 0 Å². The summed E-state index contributed by atoms with van der Waals surface area (Å²) >= 11 is 0. The van der Waals surface area contributed by atoms with Crippen LogP contribution in [0.1, 0.15) is 58.3 Å². The summed E-state index contributed by atoms with van der Waals surface area (Å²) in [6.45, 7) is 3.47. The van der Waals surface area contributed by atoms with Crippen molar-refractivity contribution in [1.82, 2.24) is 0 Å². The van der Waals surface area contributed by atoms with E-state index in [1.165, 1.54) is 25.7 Å². The molecule has 0 atom stereocenters. The van der Waals surface area contributed by atoms with E-state index in [0.29, 0.717) is 25.3 Å². The lowest BCUT2D eigenvalue weighted by atomic mass is 10.1. The van der Waals surface area contributed by atoms with Crippen LogP contribution in [0.4, 0.5) is 0 Å².